The maximum Gasteiger partial charge on any atom is 0.220 e. The Balaban J connectivity index is 1.84. The summed E-state index contributed by atoms with van der Waals surface area (Å²) < 4.78 is 2.12. The van der Waals surface area contributed by atoms with E-state index in [2.05, 4.69) is 28.1 Å². The average Bonchev–Trinajstić information content (AvgIpc) is 2.82. The molecule has 1 aromatic carbocycles. The van der Waals surface area contributed by atoms with Gasteiger partial charge in [0.05, 0.1) is 0 Å². The first kappa shape index (κ1) is 14.3. The van der Waals surface area contributed by atoms with Crippen molar-refractivity contribution in [2.75, 3.05) is 6.54 Å². The first-order chi connectivity index (χ1) is 9.58. The van der Waals surface area contributed by atoms with Gasteiger partial charge in [-0.05, 0) is 24.4 Å². The Morgan fingerprint density at radius 2 is 2.00 bits per heavy atom. The van der Waals surface area contributed by atoms with Gasteiger partial charge in [0.25, 0.3) is 0 Å². The molecule has 1 unspecified atom stereocenters. The van der Waals surface area contributed by atoms with E-state index in [1.165, 1.54) is 17.8 Å². The van der Waals surface area contributed by atoms with Crippen LogP contribution in [-0.2, 0) is 16.1 Å². The Morgan fingerprint density at radius 1 is 1.25 bits per heavy atom. The summed E-state index contributed by atoms with van der Waals surface area (Å²) in [7, 11) is 0. The maximum absolute atomic E-state index is 11.7. The van der Waals surface area contributed by atoms with Gasteiger partial charge >= 0.3 is 0 Å². The fraction of sp³-hybridized carbons (Fsp3) is 0.375. The van der Waals surface area contributed by atoms with Crippen LogP contribution in [0.1, 0.15) is 20.3 Å². The molecular formula is C16H20N2O2. The van der Waals surface area contributed by atoms with Gasteiger partial charge < -0.3 is 9.88 Å². The van der Waals surface area contributed by atoms with E-state index in [1.807, 2.05) is 18.3 Å². The van der Waals surface area contributed by atoms with Crippen molar-refractivity contribution in [3.8, 4) is 0 Å². The van der Waals surface area contributed by atoms with Gasteiger partial charge in [-0.1, -0.05) is 25.1 Å². The molecule has 2 aromatic rings. The number of fused-ring (bicyclic) bond motifs is 1. The lowest BCUT2D eigenvalue weighted by Crippen LogP contribution is -2.29. The fourth-order valence-electron chi connectivity index (χ4n) is 2.15. The lowest BCUT2D eigenvalue weighted by atomic mass is 10.0. The van der Waals surface area contributed by atoms with Crippen LogP contribution in [0, 0.1) is 5.92 Å². The zero-order valence-corrected chi connectivity index (χ0v) is 11.9. The third-order valence-corrected chi connectivity index (χ3v) is 3.54. The van der Waals surface area contributed by atoms with Crippen molar-refractivity contribution < 1.29 is 9.59 Å². The van der Waals surface area contributed by atoms with Crippen molar-refractivity contribution in [3.05, 3.63) is 36.5 Å². The number of hydrogen-bond donors (Lipinski definition) is 1. The monoisotopic (exact) mass is 272 g/mol. The molecule has 106 valence electrons. The van der Waals surface area contributed by atoms with Gasteiger partial charge in [-0.3, -0.25) is 9.59 Å². The summed E-state index contributed by atoms with van der Waals surface area (Å²) >= 11 is 0. The number of ketones is 1. The van der Waals surface area contributed by atoms with Crippen molar-refractivity contribution >= 4 is 22.6 Å². The zero-order valence-electron chi connectivity index (χ0n) is 11.9. The van der Waals surface area contributed by atoms with Crippen LogP contribution in [0.5, 0.6) is 0 Å². The van der Waals surface area contributed by atoms with E-state index in [4.69, 9.17) is 0 Å². The normalized spacial score (nSPS) is 12.3. The van der Waals surface area contributed by atoms with Gasteiger partial charge in [-0.15, -0.1) is 0 Å². The van der Waals surface area contributed by atoms with Crippen LogP contribution in [0.25, 0.3) is 10.9 Å². The topological polar surface area (TPSA) is 51.1 Å². The molecule has 20 heavy (non-hydrogen) atoms. The molecule has 1 aromatic heterocycles. The molecule has 4 heteroatoms. The van der Waals surface area contributed by atoms with Crippen LogP contribution in [-0.4, -0.2) is 22.8 Å². The molecule has 1 N–H and O–H groups in total. The van der Waals surface area contributed by atoms with Crippen LogP contribution in [0.2, 0.25) is 0 Å². The predicted octanol–water partition coefficient (Wildman–Crippen LogP) is 2.37. The molecule has 0 aliphatic carbocycles. The molecule has 0 fully saturated rings. The number of nitrogens with zero attached hydrogens (tertiary/aromatic N) is 1. The lowest BCUT2D eigenvalue weighted by molar-refractivity contribution is -0.127. The smallest absolute Gasteiger partial charge is 0.220 e. The van der Waals surface area contributed by atoms with Crippen LogP contribution in [0.3, 0.4) is 0 Å². The molecular weight excluding hydrogens is 252 g/mol. The third-order valence-electron chi connectivity index (χ3n) is 3.54. The summed E-state index contributed by atoms with van der Waals surface area (Å²) in [5, 5.41) is 4.06. The summed E-state index contributed by atoms with van der Waals surface area (Å²) in [5.74, 6) is -0.219. The molecule has 4 nitrogen and oxygen atoms in total. The van der Waals surface area contributed by atoms with Crippen molar-refractivity contribution in [3.63, 3.8) is 0 Å². The number of carbonyl (C=O) groups is 2. The number of hydrogen-bond acceptors (Lipinski definition) is 2. The Bertz CT molecular complexity index is 616. The number of nitrogens with one attached hydrogen (secondary N) is 1. The van der Waals surface area contributed by atoms with Crippen LogP contribution in [0.15, 0.2) is 36.5 Å². The van der Waals surface area contributed by atoms with E-state index in [1.54, 1.807) is 6.92 Å². The first-order valence-electron chi connectivity index (χ1n) is 6.89. The molecule has 0 saturated heterocycles. The minimum atomic E-state index is -0.206. The van der Waals surface area contributed by atoms with Crippen molar-refractivity contribution in [2.24, 2.45) is 5.92 Å². The highest BCUT2D eigenvalue weighted by Crippen LogP contribution is 2.14. The van der Waals surface area contributed by atoms with Crippen LogP contribution >= 0.6 is 0 Å². The summed E-state index contributed by atoms with van der Waals surface area (Å²) in [6.45, 7) is 4.60. The van der Waals surface area contributed by atoms with Gasteiger partial charge in [-0.25, -0.2) is 0 Å². The highest BCUT2D eigenvalue weighted by molar-refractivity contribution is 5.85. The van der Waals surface area contributed by atoms with E-state index < -0.39 is 0 Å². The van der Waals surface area contributed by atoms with Gasteiger partial charge in [0.1, 0.15) is 5.78 Å². The molecule has 1 atom stereocenters. The fourth-order valence-corrected chi connectivity index (χ4v) is 2.15. The molecule has 1 heterocycles. The molecule has 0 radical (unpaired) electrons. The standard InChI is InChI=1S/C16H20N2O2/c1-12(13(2)19)11-16(20)17-8-10-18-9-7-14-5-3-4-6-15(14)18/h3-7,9,12H,8,10-11H2,1-2H3,(H,17,20). The van der Waals surface area contributed by atoms with Crippen molar-refractivity contribution in [1.29, 1.82) is 0 Å². The number of aromatic nitrogens is 1. The van der Waals surface area contributed by atoms with Gasteiger partial charge in [0.15, 0.2) is 0 Å². The van der Waals surface area contributed by atoms with Gasteiger partial charge in [0, 0.05) is 37.1 Å². The molecule has 0 spiro atoms. The summed E-state index contributed by atoms with van der Waals surface area (Å²) in [6.07, 6.45) is 2.29. The molecule has 0 saturated carbocycles. The molecule has 0 bridgehead atoms. The van der Waals surface area contributed by atoms with E-state index in [0.29, 0.717) is 6.54 Å². The van der Waals surface area contributed by atoms with Crippen LogP contribution < -0.4 is 5.32 Å². The van der Waals surface area contributed by atoms with Gasteiger partial charge in [0.2, 0.25) is 5.91 Å². The molecule has 0 aliphatic heterocycles. The lowest BCUT2D eigenvalue weighted by Gasteiger charge is -2.10. The summed E-state index contributed by atoms with van der Waals surface area (Å²) in [5.41, 5.74) is 1.17. The second-order valence-corrected chi connectivity index (χ2v) is 5.13. The van der Waals surface area contributed by atoms with Crippen molar-refractivity contribution in [1.82, 2.24) is 9.88 Å². The minimum Gasteiger partial charge on any atom is -0.354 e. The first-order valence-corrected chi connectivity index (χ1v) is 6.89. The second-order valence-electron chi connectivity index (χ2n) is 5.13. The molecule has 2 rings (SSSR count). The van der Waals surface area contributed by atoms with E-state index in [0.717, 1.165) is 6.54 Å². The Morgan fingerprint density at radius 3 is 2.75 bits per heavy atom. The largest absolute Gasteiger partial charge is 0.354 e. The van der Waals surface area contributed by atoms with Crippen molar-refractivity contribution in [2.45, 2.75) is 26.8 Å². The highest BCUT2D eigenvalue weighted by atomic mass is 16.2. The van der Waals surface area contributed by atoms with E-state index in [-0.39, 0.29) is 24.0 Å². The Kier molecular flexibility index (Phi) is 4.56. The zero-order chi connectivity index (χ0) is 14.5. The predicted molar refractivity (Wildman–Crippen MR) is 79.4 cm³/mol. The third kappa shape index (κ3) is 3.47. The quantitative estimate of drug-likeness (QED) is 0.877. The molecule has 1 amide bonds. The number of rotatable bonds is 6. The highest BCUT2D eigenvalue weighted by Gasteiger charge is 2.12. The number of carbonyl (C=O) groups excluding carboxylic acids is 2. The minimum absolute atomic E-state index is 0.0524. The second kappa shape index (κ2) is 6.37. The number of amides is 1. The van der Waals surface area contributed by atoms with Gasteiger partial charge in [-0.2, -0.15) is 0 Å². The van der Waals surface area contributed by atoms with E-state index in [9.17, 15) is 9.59 Å². The number of benzene rings is 1. The SMILES string of the molecule is CC(=O)C(C)CC(=O)NCCn1ccc2ccccc21. The number of Topliss-reactive ketones (excluding diaryl/α,β-unsaturated/α-hetero) is 1. The Labute approximate surface area is 118 Å². The molecule has 0 aliphatic rings. The van der Waals surface area contributed by atoms with E-state index >= 15 is 0 Å². The number of para-hydroxylation sites is 1. The summed E-state index contributed by atoms with van der Waals surface area (Å²) in [6, 6.07) is 10.2. The summed E-state index contributed by atoms with van der Waals surface area (Å²) in [4.78, 5) is 22.8. The maximum atomic E-state index is 11.7. The Hall–Kier alpha value is -2.10. The van der Waals surface area contributed by atoms with Crippen LogP contribution in [0.4, 0.5) is 0 Å². The average molecular weight is 272 g/mol.